The topological polar surface area (TPSA) is 32.3 Å². The predicted molar refractivity (Wildman–Crippen MR) is 87.8 cm³/mol. The summed E-state index contributed by atoms with van der Waals surface area (Å²) in [6.45, 7) is 2.88. The lowest BCUT2D eigenvalue weighted by molar-refractivity contribution is -0.120. The van der Waals surface area contributed by atoms with Gasteiger partial charge < -0.3 is 10.2 Å². The van der Waals surface area contributed by atoms with E-state index in [1.807, 2.05) is 35.4 Å². The highest BCUT2D eigenvalue weighted by atomic mass is 32.1. The standard InChI is InChI=1S/C17H19FN2OS/c1-12(15-8-4-10-22-15)19-16(21)11-20-9-3-6-13-5-2-7-14(18)17(13)20/h2,4-5,7-8,10,12H,3,6,9,11H2,1H3,(H,19,21)/t12-/m1/s1. The van der Waals surface area contributed by atoms with Crippen LogP contribution in [0, 0.1) is 5.82 Å². The molecule has 3 rings (SSSR count). The highest BCUT2D eigenvalue weighted by Gasteiger charge is 2.23. The number of nitrogens with zero attached hydrogens (tertiary/aromatic N) is 1. The van der Waals surface area contributed by atoms with Gasteiger partial charge in [-0.25, -0.2) is 4.39 Å². The molecule has 0 saturated heterocycles. The quantitative estimate of drug-likeness (QED) is 0.935. The number of anilines is 1. The van der Waals surface area contributed by atoms with Crippen LogP contribution in [-0.4, -0.2) is 19.0 Å². The number of rotatable bonds is 4. The Bertz CT molecular complexity index is 657. The van der Waals surface area contributed by atoms with Crippen LogP contribution in [0.2, 0.25) is 0 Å². The molecule has 1 N–H and O–H groups in total. The van der Waals surface area contributed by atoms with E-state index in [1.165, 1.54) is 6.07 Å². The molecule has 1 aliphatic rings. The maximum absolute atomic E-state index is 14.1. The number of amides is 1. The Morgan fingerprint density at radius 2 is 2.27 bits per heavy atom. The zero-order valence-corrected chi connectivity index (χ0v) is 13.3. The fourth-order valence-corrected chi connectivity index (χ4v) is 3.65. The Balaban J connectivity index is 1.68. The van der Waals surface area contributed by atoms with Crippen LogP contribution in [0.25, 0.3) is 0 Å². The van der Waals surface area contributed by atoms with Gasteiger partial charge in [-0.05, 0) is 42.8 Å². The molecule has 2 heterocycles. The van der Waals surface area contributed by atoms with Crippen LogP contribution in [0.15, 0.2) is 35.7 Å². The van der Waals surface area contributed by atoms with E-state index in [0.29, 0.717) is 5.69 Å². The van der Waals surface area contributed by atoms with Gasteiger partial charge in [-0.15, -0.1) is 11.3 Å². The molecule has 0 aliphatic carbocycles. The van der Waals surface area contributed by atoms with Crippen molar-refractivity contribution in [3.63, 3.8) is 0 Å². The van der Waals surface area contributed by atoms with Crippen LogP contribution in [0.3, 0.4) is 0 Å². The zero-order valence-electron chi connectivity index (χ0n) is 12.5. The first-order valence-corrected chi connectivity index (χ1v) is 8.38. The number of thiophene rings is 1. The van der Waals surface area contributed by atoms with Crippen LogP contribution in [-0.2, 0) is 11.2 Å². The van der Waals surface area contributed by atoms with E-state index in [1.54, 1.807) is 17.4 Å². The van der Waals surface area contributed by atoms with Gasteiger partial charge in [0.05, 0.1) is 18.3 Å². The summed E-state index contributed by atoms with van der Waals surface area (Å²) in [6, 6.07) is 9.10. The minimum Gasteiger partial charge on any atom is -0.360 e. The van der Waals surface area contributed by atoms with Crippen molar-refractivity contribution in [3.8, 4) is 0 Å². The van der Waals surface area contributed by atoms with E-state index < -0.39 is 0 Å². The Morgan fingerprint density at radius 3 is 3.05 bits per heavy atom. The van der Waals surface area contributed by atoms with Gasteiger partial charge in [-0.3, -0.25) is 4.79 Å². The number of carbonyl (C=O) groups excluding carboxylic acids is 1. The highest BCUT2D eigenvalue weighted by molar-refractivity contribution is 7.10. The Labute approximate surface area is 133 Å². The lowest BCUT2D eigenvalue weighted by Gasteiger charge is -2.31. The van der Waals surface area contributed by atoms with Crippen molar-refractivity contribution in [2.24, 2.45) is 0 Å². The second-order valence-corrected chi connectivity index (χ2v) is 6.56. The molecular weight excluding hydrogens is 299 g/mol. The lowest BCUT2D eigenvalue weighted by Crippen LogP contribution is -2.41. The lowest BCUT2D eigenvalue weighted by atomic mass is 10.0. The molecule has 1 aliphatic heterocycles. The van der Waals surface area contributed by atoms with Gasteiger partial charge in [0, 0.05) is 11.4 Å². The van der Waals surface area contributed by atoms with E-state index in [-0.39, 0.29) is 24.3 Å². The summed E-state index contributed by atoms with van der Waals surface area (Å²) in [5.74, 6) is -0.312. The fourth-order valence-electron chi connectivity index (χ4n) is 2.92. The molecule has 0 saturated carbocycles. The van der Waals surface area contributed by atoms with E-state index in [4.69, 9.17) is 0 Å². The van der Waals surface area contributed by atoms with Crippen LogP contribution < -0.4 is 10.2 Å². The third kappa shape index (κ3) is 3.14. The average Bonchev–Trinajstić information content (AvgIpc) is 3.01. The van der Waals surface area contributed by atoms with Crippen molar-refractivity contribution in [2.45, 2.75) is 25.8 Å². The predicted octanol–water partition coefficient (Wildman–Crippen LogP) is 3.52. The molecule has 0 unspecified atom stereocenters. The van der Waals surface area contributed by atoms with Gasteiger partial charge in [-0.2, -0.15) is 0 Å². The summed E-state index contributed by atoms with van der Waals surface area (Å²) in [4.78, 5) is 15.2. The SMILES string of the molecule is C[C@@H](NC(=O)CN1CCCc2cccc(F)c21)c1cccs1. The molecule has 22 heavy (non-hydrogen) atoms. The molecule has 0 fully saturated rings. The van der Waals surface area contributed by atoms with Crippen molar-refractivity contribution in [2.75, 3.05) is 18.0 Å². The van der Waals surface area contributed by atoms with Crippen LogP contribution in [0.1, 0.15) is 29.8 Å². The van der Waals surface area contributed by atoms with E-state index >= 15 is 0 Å². The number of benzene rings is 1. The average molecular weight is 318 g/mol. The molecule has 5 heteroatoms. The molecule has 1 aromatic carbocycles. The van der Waals surface area contributed by atoms with Gasteiger partial charge in [-0.1, -0.05) is 18.2 Å². The third-order valence-corrected chi connectivity index (χ3v) is 5.00. The van der Waals surface area contributed by atoms with E-state index in [0.717, 1.165) is 29.8 Å². The zero-order chi connectivity index (χ0) is 15.5. The molecule has 1 amide bonds. The van der Waals surface area contributed by atoms with E-state index in [9.17, 15) is 9.18 Å². The van der Waals surface area contributed by atoms with Gasteiger partial charge >= 0.3 is 0 Å². The molecule has 1 atom stereocenters. The van der Waals surface area contributed by atoms with Gasteiger partial charge in [0.2, 0.25) is 5.91 Å². The minimum atomic E-state index is -0.240. The third-order valence-electron chi connectivity index (χ3n) is 3.94. The van der Waals surface area contributed by atoms with Crippen molar-refractivity contribution in [1.82, 2.24) is 5.32 Å². The number of hydrogen-bond acceptors (Lipinski definition) is 3. The summed E-state index contributed by atoms with van der Waals surface area (Å²) in [6.07, 6.45) is 1.82. The van der Waals surface area contributed by atoms with Crippen molar-refractivity contribution in [3.05, 3.63) is 52.0 Å². The maximum Gasteiger partial charge on any atom is 0.240 e. The number of aryl methyl sites for hydroxylation is 1. The van der Waals surface area contributed by atoms with Crippen molar-refractivity contribution < 1.29 is 9.18 Å². The molecular formula is C17H19FN2OS. The normalized spacial score (nSPS) is 15.3. The molecule has 2 aromatic rings. The number of carbonyl (C=O) groups is 1. The maximum atomic E-state index is 14.1. The molecule has 116 valence electrons. The highest BCUT2D eigenvalue weighted by Crippen LogP contribution is 2.29. The largest absolute Gasteiger partial charge is 0.360 e. The van der Waals surface area contributed by atoms with Crippen LogP contribution in [0.4, 0.5) is 10.1 Å². The number of para-hydroxylation sites is 1. The molecule has 0 spiro atoms. The Morgan fingerprint density at radius 1 is 1.41 bits per heavy atom. The summed E-state index contributed by atoms with van der Waals surface area (Å²) >= 11 is 1.62. The molecule has 0 radical (unpaired) electrons. The second kappa shape index (κ2) is 6.48. The molecule has 0 bridgehead atoms. The second-order valence-electron chi connectivity index (χ2n) is 5.58. The molecule has 3 nitrogen and oxygen atoms in total. The van der Waals surface area contributed by atoms with E-state index in [2.05, 4.69) is 5.32 Å². The first kappa shape index (κ1) is 15.0. The summed E-state index contributed by atoms with van der Waals surface area (Å²) < 4.78 is 14.1. The fraction of sp³-hybridized carbons (Fsp3) is 0.353. The summed E-state index contributed by atoms with van der Waals surface area (Å²) in [7, 11) is 0. The monoisotopic (exact) mass is 318 g/mol. The smallest absolute Gasteiger partial charge is 0.240 e. The number of halogens is 1. The van der Waals surface area contributed by atoms with Crippen LogP contribution in [0.5, 0.6) is 0 Å². The summed E-state index contributed by atoms with van der Waals surface area (Å²) in [5.41, 5.74) is 1.58. The Kier molecular flexibility index (Phi) is 4.43. The Hall–Kier alpha value is -1.88. The number of nitrogens with one attached hydrogen (secondary N) is 1. The minimum absolute atomic E-state index is 0.0163. The van der Waals surface area contributed by atoms with Crippen molar-refractivity contribution >= 4 is 22.9 Å². The molecule has 1 aromatic heterocycles. The van der Waals surface area contributed by atoms with Crippen molar-refractivity contribution in [1.29, 1.82) is 0 Å². The number of hydrogen-bond donors (Lipinski definition) is 1. The van der Waals surface area contributed by atoms with Gasteiger partial charge in [0.15, 0.2) is 0 Å². The van der Waals surface area contributed by atoms with Gasteiger partial charge in [0.25, 0.3) is 0 Å². The first-order valence-electron chi connectivity index (χ1n) is 7.50. The first-order chi connectivity index (χ1) is 10.6. The van der Waals surface area contributed by atoms with Crippen LogP contribution >= 0.6 is 11.3 Å². The van der Waals surface area contributed by atoms with Gasteiger partial charge in [0.1, 0.15) is 5.82 Å². The summed E-state index contributed by atoms with van der Waals surface area (Å²) in [5, 5.41) is 4.98. The number of fused-ring (bicyclic) bond motifs is 1.